The average Bonchev–Trinajstić information content (AvgIpc) is 2.94. The fourth-order valence-electron chi connectivity index (χ4n) is 1.68. The third-order valence-corrected chi connectivity index (χ3v) is 2.56. The predicted molar refractivity (Wildman–Crippen MR) is 58.6 cm³/mol. The molecule has 8 heteroatoms. The molecule has 0 saturated carbocycles. The van der Waals surface area contributed by atoms with E-state index >= 15 is 0 Å². The number of carbonyl (C=O) groups is 1. The van der Waals surface area contributed by atoms with Crippen molar-refractivity contribution < 1.29 is 23.1 Å². The minimum absolute atomic E-state index is 0.206. The van der Waals surface area contributed by atoms with Gasteiger partial charge in [-0.2, -0.15) is 18.3 Å². The molecule has 0 bridgehead atoms. The lowest BCUT2D eigenvalue weighted by Crippen LogP contribution is -2.09. The number of halogens is 3. The van der Waals surface area contributed by atoms with Crippen LogP contribution >= 0.6 is 0 Å². The van der Waals surface area contributed by atoms with Gasteiger partial charge >= 0.3 is 12.1 Å². The molecule has 2 aromatic rings. The van der Waals surface area contributed by atoms with Crippen molar-refractivity contribution in [2.45, 2.75) is 19.3 Å². The van der Waals surface area contributed by atoms with Gasteiger partial charge in [0, 0.05) is 31.3 Å². The molecule has 0 aliphatic rings. The lowest BCUT2D eigenvalue weighted by molar-refractivity contribution is -0.138. The standard InChI is InChI=1S/C11H10F3N3O2/c12-11(13,14)9-7-16(6-8(9)10(18)19)4-5-17-3-1-2-15-17/h1-3,6-7H,4-5H2,(H,18,19). The Bertz CT molecular complexity index is 573. The number of hydrogen-bond donors (Lipinski definition) is 1. The van der Waals surface area contributed by atoms with E-state index in [1.807, 2.05) is 0 Å². The summed E-state index contributed by atoms with van der Waals surface area (Å²) < 4.78 is 40.7. The van der Waals surface area contributed by atoms with Crippen LogP contribution < -0.4 is 0 Å². The van der Waals surface area contributed by atoms with E-state index in [0.29, 0.717) is 6.54 Å². The van der Waals surface area contributed by atoms with Crippen molar-refractivity contribution in [3.05, 3.63) is 42.0 Å². The highest BCUT2D eigenvalue weighted by molar-refractivity contribution is 5.89. The minimum Gasteiger partial charge on any atom is -0.478 e. The van der Waals surface area contributed by atoms with Crippen LogP contribution in [0.5, 0.6) is 0 Å². The summed E-state index contributed by atoms with van der Waals surface area (Å²) in [6.07, 6.45) is 0.331. The van der Waals surface area contributed by atoms with Crippen LogP contribution in [0.2, 0.25) is 0 Å². The SMILES string of the molecule is O=C(O)c1cn(CCn2cccn2)cc1C(F)(F)F. The van der Waals surface area contributed by atoms with Gasteiger partial charge in [-0.3, -0.25) is 4.68 Å². The Morgan fingerprint density at radius 2 is 2.05 bits per heavy atom. The molecule has 0 aliphatic heterocycles. The third-order valence-electron chi connectivity index (χ3n) is 2.56. The van der Waals surface area contributed by atoms with Gasteiger partial charge in [-0.05, 0) is 6.07 Å². The lowest BCUT2D eigenvalue weighted by Gasteiger charge is -2.04. The number of nitrogens with zero attached hydrogens (tertiary/aromatic N) is 3. The Labute approximate surface area is 105 Å². The van der Waals surface area contributed by atoms with E-state index in [1.165, 1.54) is 4.57 Å². The molecule has 0 fully saturated rings. The smallest absolute Gasteiger partial charge is 0.418 e. The number of rotatable bonds is 4. The van der Waals surface area contributed by atoms with Crippen molar-refractivity contribution in [2.24, 2.45) is 0 Å². The summed E-state index contributed by atoms with van der Waals surface area (Å²) in [5, 5.41) is 12.7. The summed E-state index contributed by atoms with van der Waals surface area (Å²) in [5.41, 5.74) is -1.88. The molecule has 0 amide bonds. The van der Waals surface area contributed by atoms with Crippen LogP contribution in [-0.4, -0.2) is 25.4 Å². The van der Waals surface area contributed by atoms with E-state index in [0.717, 1.165) is 12.4 Å². The number of aromatic carboxylic acids is 1. The second-order valence-electron chi connectivity index (χ2n) is 3.90. The van der Waals surface area contributed by atoms with Crippen LogP contribution in [-0.2, 0) is 19.3 Å². The molecule has 2 heterocycles. The van der Waals surface area contributed by atoms with Crippen molar-refractivity contribution in [2.75, 3.05) is 0 Å². The highest BCUT2D eigenvalue weighted by atomic mass is 19.4. The number of carboxylic acid groups (broad SMARTS) is 1. The van der Waals surface area contributed by atoms with Gasteiger partial charge in [0.15, 0.2) is 0 Å². The molecule has 102 valence electrons. The summed E-state index contributed by atoms with van der Waals surface area (Å²) >= 11 is 0. The summed E-state index contributed by atoms with van der Waals surface area (Å²) in [5.74, 6) is -1.59. The zero-order valence-corrected chi connectivity index (χ0v) is 9.63. The number of alkyl halides is 3. The van der Waals surface area contributed by atoms with Gasteiger partial charge in [0.1, 0.15) is 0 Å². The Morgan fingerprint density at radius 3 is 2.53 bits per heavy atom. The summed E-state index contributed by atoms with van der Waals surface area (Å²) in [6.45, 7) is 0.566. The number of carboxylic acids is 1. The molecule has 1 N–H and O–H groups in total. The normalized spacial score (nSPS) is 11.7. The topological polar surface area (TPSA) is 60.0 Å². The van der Waals surface area contributed by atoms with Gasteiger partial charge in [0.2, 0.25) is 0 Å². The summed E-state index contributed by atoms with van der Waals surface area (Å²) in [7, 11) is 0. The van der Waals surface area contributed by atoms with Crippen molar-refractivity contribution in [1.29, 1.82) is 0 Å². The quantitative estimate of drug-likeness (QED) is 0.928. The molecule has 5 nitrogen and oxygen atoms in total. The van der Waals surface area contributed by atoms with Crippen LogP contribution in [0, 0.1) is 0 Å². The Kier molecular flexibility index (Phi) is 3.32. The summed E-state index contributed by atoms with van der Waals surface area (Å²) in [6, 6.07) is 1.69. The third kappa shape index (κ3) is 2.95. The van der Waals surface area contributed by atoms with E-state index in [-0.39, 0.29) is 6.54 Å². The largest absolute Gasteiger partial charge is 0.478 e. The highest BCUT2D eigenvalue weighted by Crippen LogP contribution is 2.32. The molecule has 0 spiro atoms. The Morgan fingerprint density at radius 1 is 1.32 bits per heavy atom. The van der Waals surface area contributed by atoms with Gasteiger partial charge in [0.05, 0.1) is 17.7 Å². The van der Waals surface area contributed by atoms with Gasteiger partial charge < -0.3 is 9.67 Å². The van der Waals surface area contributed by atoms with Gasteiger partial charge in [-0.1, -0.05) is 0 Å². The molecule has 0 unspecified atom stereocenters. The monoisotopic (exact) mass is 273 g/mol. The van der Waals surface area contributed by atoms with E-state index in [2.05, 4.69) is 5.10 Å². The van der Waals surface area contributed by atoms with Gasteiger partial charge in [0.25, 0.3) is 0 Å². The van der Waals surface area contributed by atoms with Crippen LogP contribution in [0.25, 0.3) is 0 Å². The van der Waals surface area contributed by atoms with Crippen LogP contribution in [0.4, 0.5) is 13.2 Å². The van der Waals surface area contributed by atoms with Crippen LogP contribution in [0.3, 0.4) is 0 Å². The Balaban J connectivity index is 2.20. The van der Waals surface area contributed by atoms with E-state index < -0.39 is 23.3 Å². The van der Waals surface area contributed by atoms with E-state index in [4.69, 9.17) is 5.11 Å². The first-order chi connectivity index (χ1) is 8.88. The van der Waals surface area contributed by atoms with Gasteiger partial charge in [-0.25, -0.2) is 4.79 Å². The lowest BCUT2D eigenvalue weighted by atomic mass is 10.2. The molecule has 0 atom stereocenters. The second kappa shape index (κ2) is 4.79. The maximum absolute atomic E-state index is 12.6. The predicted octanol–water partition coefficient (Wildman–Crippen LogP) is 2.10. The molecule has 0 saturated heterocycles. The fraction of sp³-hybridized carbons (Fsp3) is 0.273. The molecule has 2 rings (SSSR count). The second-order valence-corrected chi connectivity index (χ2v) is 3.90. The maximum atomic E-state index is 12.6. The van der Waals surface area contributed by atoms with Crippen molar-refractivity contribution >= 4 is 5.97 Å². The summed E-state index contributed by atoms with van der Waals surface area (Å²) in [4.78, 5) is 10.8. The first-order valence-electron chi connectivity index (χ1n) is 5.35. The zero-order chi connectivity index (χ0) is 14.0. The first-order valence-corrected chi connectivity index (χ1v) is 5.35. The van der Waals surface area contributed by atoms with E-state index in [9.17, 15) is 18.0 Å². The fourth-order valence-corrected chi connectivity index (χ4v) is 1.68. The molecule has 0 aliphatic carbocycles. The number of aromatic nitrogens is 3. The van der Waals surface area contributed by atoms with Gasteiger partial charge in [-0.15, -0.1) is 0 Å². The van der Waals surface area contributed by atoms with E-state index in [1.54, 1.807) is 23.1 Å². The highest BCUT2D eigenvalue weighted by Gasteiger charge is 2.36. The Hall–Kier alpha value is -2.25. The molecule has 0 aromatic carbocycles. The van der Waals surface area contributed by atoms with Crippen molar-refractivity contribution in [3.63, 3.8) is 0 Å². The molecule has 19 heavy (non-hydrogen) atoms. The van der Waals surface area contributed by atoms with Crippen LogP contribution in [0.15, 0.2) is 30.9 Å². The number of aryl methyl sites for hydroxylation is 2. The molecular weight excluding hydrogens is 263 g/mol. The number of hydrogen-bond acceptors (Lipinski definition) is 2. The maximum Gasteiger partial charge on any atom is 0.418 e. The molecular formula is C11H10F3N3O2. The minimum atomic E-state index is -4.68. The first kappa shape index (κ1) is 13.2. The molecule has 0 radical (unpaired) electrons. The zero-order valence-electron chi connectivity index (χ0n) is 9.63. The average molecular weight is 273 g/mol. The van der Waals surface area contributed by atoms with Crippen molar-refractivity contribution in [1.82, 2.24) is 14.3 Å². The molecule has 2 aromatic heterocycles. The van der Waals surface area contributed by atoms with Crippen LogP contribution in [0.1, 0.15) is 15.9 Å². The van der Waals surface area contributed by atoms with Crippen molar-refractivity contribution in [3.8, 4) is 0 Å².